The Morgan fingerprint density at radius 1 is 1.62 bits per heavy atom. The van der Waals surface area contributed by atoms with Gasteiger partial charge >= 0.3 is 5.97 Å². The van der Waals surface area contributed by atoms with Crippen molar-refractivity contribution in [3.05, 3.63) is 33.3 Å². The van der Waals surface area contributed by atoms with E-state index in [0.717, 1.165) is 0 Å². The van der Waals surface area contributed by atoms with Crippen molar-refractivity contribution in [3.63, 3.8) is 0 Å². The molecule has 0 aliphatic rings. The monoisotopic (exact) mass is 244 g/mol. The Kier molecular flexibility index (Phi) is 3.68. The number of benzene rings is 1. The van der Waals surface area contributed by atoms with Crippen molar-refractivity contribution in [3.8, 4) is 0 Å². The summed E-state index contributed by atoms with van der Waals surface area (Å²) in [6, 6.07) is 3.07. The Hall–Kier alpha value is -1.82. The number of anilines is 1. The molecule has 0 amide bonds. The van der Waals surface area contributed by atoms with E-state index in [2.05, 4.69) is 5.32 Å². The van der Waals surface area contributed by atoms with E-state index in [1.807, 2.05) is 0 Å². The number of hydrogen-bond acceptors (Lipinski definition) is 4. The molecule has 0 heterocycles. The molecule has 0 radical (unpaired) electrons. The van der Waals surface area contributed by atoms with Crippen LogP contribution in [0.15, 0.2) is 18.2 Å². The molecule has 1 rings (SSSR count). The molecule has 6 nitrogen and oxygen atoms in total. The van der Waals surface area contributed by atoms with Gasteiger partial charge in [0.05, 0.1) is 4.92 Å². The van der Waals surface area contributed by atoms with Gasteiger partial charge in [0, 0.05) is 11.1 Å². The maximum absolute atomic E-state index is 10.7. The summed E-state index contributed by atoms with van der Waals surface area (Å²) in [6.07, 6.45) is 0. The zero-order chi connectivity index (χ0) is 12.3. The highest BCUT2D eigenvalue weighted by Gasteiger charge is 2.18. The van der Waals surface area contributed by atoms with Crippen molar-refractivity contribution in [1.29, 1.82) is 0 Å². The zero-order valence-electron chi connectivity index (χ0n) is 8.31. The highest BCUT2D eigenvalue weighted by Crippen LogP contribution is 2.28. The van der Waals surface area contributed by atoms with Crippen molar-refractivity contribution in [1.82, 2.24) is 0 Å². The minimum absolute atomic E-state index is 0.129. The van der Waals surface area contributed by atoms with Crippen molar-refractivity contribution in [2.45, 2.75) is 13.0 Å². The van der Waals surface area contributed by atoms with E-state index in [1.165, 1.54) is 25.1 Å². The summed E-state index contributed by atoms with van der Waals surface area (Å²) >= 11 is 5.61. The van der Waals surface area contributed by atoms with Gasteiger partial charge in [-0.1, -0.05) is 11.6 Å². The molecule has 7 heteroatoms. The van der Waals surface area contributed by atoms with E-state index >= 15 is 0 Å². The molecule has 0 bridgehead atoms. The first-order valence-corrected chi connectivity index (χ1v) is 4.73. The zero-order valence-corrected chi connectivity index (χ0v) is 9.06. The van der Waals surface area contributed by atoms with E-state index in [9.17, 15) is 14.9 Å². The van der Waals surface area contributed by atoms with Crippen LogP contribution in [0.3, 0.4) is 0 Å². The molecule has 0 aromatic heterocycles. The number of rotatable bonds is 4. The van der Waals surface area contributed by atoms with Crippen LogP contribution < -0.4 is 5.32 Å². The number of nitrogens with zero attached hydrogens (tertiary/aromatic N) is 1. The summed E-state index contributed by atoms with van der Waals surface area (Å²) in [5.41, 5.74) is -0.120. The van der Waals surface area contributed by atoms with Gasteiger partial charge in [0.15, 0.2) is 0 Å². The summed E-state index contributed by atoms with van der Waals surface area (Å²) in [5.74, 6) is -1.09. The summed E-state index contributed by atoms with van der Waals surface area (Å²) in [6.45, 7) is 1.39. The van der Waals surface area contributed by atoms with Gasteiger partial charge in [0.25, 0.3) is 5.69 Å². The lowest BCUT2D eigenvalue weighted by atomic mass is 10.2. The van der Waals surface area contributed by atoms with Crippen LogP contribution in [0.25, 0.3) is 0 Å². The van der Waals surface area contributed by atoms with E-state index in [-0.39, 0.29) is 16.4 Å². The van der Waals surface area contributed by atoms with Gasteiger partial charge < -0.3 is 10.4 Å². The number of hydrogen-bond donors (Lipinski definition) is 2. The fourth-order valence-corrected chi connectivity index (χ4v) is 1.24. The van der Waals surface area contributed by atoms with Gasteiger partial charge in [-0.2, -0.15) is 0 Å². The molecular weight excluding hydrogens is 236 g/mol. The average Bonchev–Trinajstić information content (AvgIpc) is 2.20. The third-order valence-corrected chi connectivity index (χ3v) is 2.13. The van der Waals surface area contributed by atoms with Gasteiger partial charge in [0.2, 0.25) is 0 Å². The van der Waals surface area contributed by atoms with Crippen molar-refractivity contribution >= 4 is 28.9 Å². The van der Waals surface area contributed by atoms with Crippen LogP contribution in [0, 0.1) is 10.1 Å². The fraction of sp³-hybridized carbons (Fsp3) is 0.222. The summed E-state index contributed by atoms with van der Waals surface area (Å²) in [5, 5.41) is 22.1. The van der Waals surface area contributed by atoms with Crippen LogP contribution in [-0.2, 0) is 4.79 Å². The predicted octanol–water partition coefficient (Wildman–Crippen LogP) is 2.13. The molecule has 0 fully saturated rings. The lowest BCUT2D eigenvalue weighted by Crippen LogP contribution is -2.25. The molecule has 16 heavy (non-hydrogen) atoms. The SMILES string of the molecule is CC(Nc1ccc(Cl)cc1[N+](=O)[O-])C(=O)O. The van der Waals surface area contributed by atoms with Crippen LogP contribution in [0.4, 0.5) is 11.4 Å². The van der Waals surface area contributed by atoms with Gasteiger partial charge in [-0.25, -0.2) is 0 Å². The fourth-order valence-electron chi connectivity index (χ4n) is 1.07. The summed E-state index contributed by atoms with van der Waals surface area (Å²) in [4.78, 5) is 20.7. The van der Waals surface area contributed by atoms with E-state index < -0.39 is 16.9 Å². The normalized spacial score (nSPS) is 11.9. The van der Waals surface area contributed by atoms with Crippen LogP contribution in [0.2, 0.25) is 5.02 Å². The van der Waals surface area contributed by atoms with Crippen LogP contribution in [0.1, 0.15) is 6.92 Å². The molecule has 1 aromatic carbocycles. The van der Waals surface area contributed by atoms with Crippen LogP contribution in [0.5, 0.6) is 0 Å². The molecule has 86 valence electrons. The first kappa shape index (κ1) is 12.3. The molecule has 0 aliphatic carbocycles. The Morgan fingerprint density at radius 2 is 2.25 bits per heavy atom. The molecular formula is C9H9ClN2O4. The smallest absolute Gasteiger partial charge is 0.325 e. The molecule has 0 spiro atoms. The van der Waals surface area contributed by atoms with Crippen molar-refractivity contribution in [2.24, 2.45) is 0 Å². The summed E-state index contributed by atoms with van der Waals surface area (Å²) < 4.78 is 0. The summed E-state index contributed by atoms with van der Waals surface area (Å²) in [7, 11) is 0. The van der Waals surface area contributed by atoms with Crippen LogP contribution in [-0.4, -0.2) is 22.0 Å². The van der Waals surface area contributed by atoms with Gasteiger partial charge in [-0.15, -0.1) is 0 Å². The van der Waals surface area contributed by atoms with E-state index in [0.29, 0.717) is 0 Å². The number of carboxylic acids is 1. The van der Waals surface area contributed by atoms with Gasteiger partial charge in [-0.05, 0) is 19.1 Å². The predicted molar refractivity (Wildman–Crippen MR) is 58.8 cm³/mol. The largest absolute Gasteiger partial charge is 0.480 e. The van der Waals surface area contributed by atoms with Gasteiger partial charge in [-0.3, -0.25) is 14.9 Å². The second-order valence-electron chi connectivity index (χ2n) is 3.12. The van der Waals surface area contributed by atoms with E-state index in [1.54, 1.807) is 0 Å². The van der Waals surface area contributed by atoms with Crippen molar-refractivity contribution < 1.29 is 14.8 Å². The molecule has 1 atom stereocenters. The van der Waals surface area contributed by atoms with E-state index in [4.69, 9.17) is 16.7 Å². The lowest BCUT2D eigenvalue weighted by Gasteiger charge is -2.10. The highest BCUT2D eigenvalue weighted by atomic mass is 35.5. The number of nitrogens with one attached hydrogen (secondary N) is 1. The Bertz CT molecular complexity index is 436. The lowest BCUT2D eigenvalue weighted by molar-refractivity contribution is -0.384. The van der Waals surface area contributed by atoms with Gasteiger partial charge in [0.1, 0.15) is 11.7 Å². The number of carboxylic acid groups (broad SMARTS) is 1. The Balaban J connectivity index is 3.04. The topological polar surface area (TPSA) is 92.5 Å². The standard InChI is InChI=1S/C9H9ClN2O4/c1-5(9(13)14)11-7-3-2-6(10)4-8(7)12(15)16/h2-5,11H,1H3,(H,13,14). The second kappa shape index (κ2) is 4.80. The quantitative estimate of drug-likeness (QED) is 0.625. The average molecular weight is 245 g/mol. The molecule has 2 N–H and O–H groups in total. The Morgan fingerprint density at radius 3 is 2.75 bits per heavy atom. The Labute approximate surface area is 96.0 Å². The number of aliphatic carboxylic acids is 1. The third-order valence-electron chi connectivity index (χ3n) is 1.90. The molecule has 0 saturated heterocycles. The molecule has 0 aliphatic heterocycles. The first-order valence-electron chi connectivity index (χ1n) is 4.35. The molecule has 0 saturated carbocycles. The van der Waals surface area contributed by atoms with Crippen molar-refractivity contribution in [2.75, 3.05) is 5.32 Å². The van der Waals surface area contributed by atoms with Crippen LogP contribution >= 0.6 is 11.6 Å². The maximum atomic E-state index is 10.7. The number of nitro groups is 1. The second-order valence-corrected chi connectivity index (χ2v) is 3.56. The number of nitro benzene ring substituents is 1. The first-order chi connectivity index (χ1) is 7.41. The third kappa shape index (κ3) is 2.83. The minimum atomic E-state index is -1.09. The number of halogens is 1. The maximum Gasteiger partial charge on any atom is 0.325 e. The molecule has 1 unspecified atom stereocenters. The molecule has 1 aromatic rings. The highest BCUT2D eigenvalue weighted by molar-refractivity contribution is 6.30. The number of carbonyl (C=O) groups is 1. The minimum Gasteiger partial charge on any atom is -0.480 e.